The van der Waals surface area contributed by atoms with Crippen molar-refractivity contribution < 1.29 is 4.74 Å². The van der Waals surface area contributed by atoms with Crippen LogP contribution in [0.2, 0.25) is 0 Å². The molecule has 0 saturated heterocycles. The van der Waals surface area contributed by atoms with E-state index in [1.165, 1.54) is 6.42 Å². The lowest BCUT2D eigenvalue weighted by Crippen LogP contribution is -2.21. The Balaban J connectivity index is 2.15. The van der Waals surface area contributed by atoms with Gasteiger partial charge in [-0.25, -0.2) is 0 Å². The van der Waals surface area contributed by atoms with Crippen LogP contribution in [-0.4, -0.2) is 6.61 Å². The Bertz CT molecular complexity index is 205. The molecule has 0 aromatic heterocycles. The van der Waals surface area contributed by atoms with Gasteiger partial charge in [-0.15, -0.1) is 0 Å². The second kappa shape index (κ2) is 2.02. The topological polar surface area (TPSA) is 9.23 Å². The molecule has 0 amide bonds. The van der Waals surface area contributed by atoms with Gasteiger partial charge in [-0.2, -0.15) is 0 Å². The Morgan fingerprint density at radius 1 is 1.64 bits per heavy atom. The summed E-state index contributed by atoms with van der Waals surface area (Å²) in [6.45, 7) is 7.62. The average Bonchev–Trinajstić information content (AvgIpc) is 2.62. The molecule has 0 bridgehead atoms. The fraction of sp³-hybridized carbons (Fsp3) is 0.800. The third kappa shape index (κ3) is 0.901. The molecule has 0 radical (unpaired) electrons. The number of ether oxygens (including phenoxy) is 1. The van der Waals surface area contributed by atoms with Crippen LogP contribution < -0.4 is 0 Å². The Kier molecular flexibility index (Phi) is 1.33. The van der Waals surface area contributed by atoms with Crippen LogP contribution in [0.1, 0.15) is 27.2 Å². The molecule has 1 heteroatoms. The van der Waals surface area contributed by atoms with Crippen molar-refractivity contribution in [2.45, 2.75) is 27.2 Å². The summed E-state index contributed by atoms with van der Waals surface area (Å²) in [5.74, 6) is 2.73. The van der Waals surface area contributed by atoms with Crippen molar-refractivity contribution in [1.29, 1.82) is 0 Å². The molecular formula is C10H16O. The zero-order valence-electron chi connectivity index (χ0n) is 7.55. The molecule has 0 aromatic carbocycles. The van der Waals surface area contributed by atoms with Gasteiger partial charge in [-0.05, 0) is 31.3 Å². The molecule has 2 aliphatic rings. The van der Waals surface area contributed by atoms with Crippen molar-refractivity contribution in [3.8, 4) is 0 Å². The first-order valence-corrected chi connectivity index (χ1v) is 4.46. The molecule has 1 fully saturated rings. The lowest BCUT2D eigenvalue weighted by molar-refractivity contribution is 0.105. The number of allylic oxidation sites excluding steroid dienone is 2. The molecule has 11 heavy (non-hydrogen) atoms. The minimum atomic E-state index is 0.527. The lowest BCUT2D eigenvalue weighted by Gasteiger charge is -2.25. The quantitative estimate of drug-likeness (QED) is 0.561. The van der Waals surface area contributed by atoms with Gasteiger partial charge in [0, 0.05) is 5.41 Å². The first-order valence-electron chi connectivity index (χ1n) is 4.46. The molecule has 1 aliphatic carbocycles. The first-order chi connectivity index (χ1) is 5.15. The lowest BCUT2D eigenvalue weighted by atomic mass is 9.89. The third-order valence-corrected chi connectivity index (χ3v) is 3.33. The Morgan fingerprint density at radius 2 is 2.36 bits per heavy atom. The van der Waals surface area contributed by atoms with E-state index in [1.807, 2.05) is 0 Å². The van der Waals surface area contributed by atoms with Crippen LogP contribution in [0, 0.1) is 17.3 Å². The minimum Gasteiger partial charge on any atom is -0.498 e. The first kappa shape index (κ1) is 7.20. The van der Waals surface area contributed by atoms with E-state index in [2.05, 4.69) is 26.8 Å². The number of fused-ring (bicyclic) bond motifs is 1. The van der Waals surface area contributed by atoms with E-state index >= 15 is 0 Å². The summed E-state index contributed by atoms with van der Waals surface area (Å²) in [6, 6.07) is 0. The molecule has 2 atom stereocenters. The van der Waals surface area contributed by atoms with Gasteiger partial charge >= 0.3 is 0 Å². The van der Waals surface area contributed by atoms with Crippen LogP contribution in [0.3, 0.4) is 0 Å². The highest BCUT2D eigenvalue weighted by Gasteiger charge is 2.57. The largest absolute Gasteiger partial charge is 0.498 e. The zero-order valence-corrected chi connectivity index (χ0v) is 7.55. The Hall–Kier alpha value is -0.460. The SMILES string of the molecule is CC1=CC2CC2(C(C)C)CO1. The average molecular weight is 152 g/mol. The van der Waals surface area contributed by atoms with E-state index in [0.717, 1.165) is 24.2 Å². The molecule has 1 aliphatic heterocycles. The number of hydrogen-bond donors (Lipinski definition) is 0. The maximum atomic E-state index is 5.56. The molecule has 0 aromatic rings. The maximum Gasteiger partial charge on any atom is 0.0941 e. The van der Waals surface area contributed by atoms with Crippen LogP contribution >= 0.6 is 0 Å². The standard InChI is InChI=1S/C10H16O/c1-7(2)10-5-9(10)4-8(3)11-6-10/h4,7,9H,5-6H2,1-3H3. The minimum absolute atomic E-state index is 0.527. The highest BCUT2D eigenvalue weighted by Crippen LogP contribution is 2.60. The second-order valence-electron chi connectivity index (χ2n) is 4.26. The number of hydrogen-bond acceptors (Lipinski definition) is 1. The smallest absolute Gasteiger partial charge is 0.0941 e. The predicted molar refractivity (Wildman–Crippen MR) is 45.1 cm³/mol. The highest BCUT2D eigenvalue weighted by molar-refractivity contribution is 5.18. The molecule has 62 valence electrons. The van der Waals surface area contributed by atoms with Gasteiger partial charge in [-0.3, -0.25) is 0 Å². The Labute approximate surface area is 68.4 Å². The van der Waals surface area contributed by atoms with Gasteiger partial charge in [0.25, 0.3) is 0 Å². The van der Waals surface area contributed by atoms with Crippen LogP contribution in [-0.2, 0) is 4.74 Å². The molecule has 1 heterocycles. The summed E-state index contributed by atoms with van der Waals surface area (Å²) >= 11 is 0. The van der Waals surface area contributed by atoms with E-state index in [1.54, 1.807) is 0 Å². The van der Waals surface area contributed by atoms with Crippen LogP contribution in [0.25, 0.3) is 0 Å². The van der Waals surface area contributed by atoms with E-state index in [4.69, 9.17) is 4.74 Å². The van der Waals surface area contributed by atoms with Gasteiger partial charge < -0.3 is 4.74 Å². The molecule has 1 saturated carbocycles. The monoisotopic (exact) mass is 152 g/mol. The van der Waals surface area contributed by atoms with Crippen LogP contribution in [0.15, 0.2) is 11.8 Å². The van der Waals surface area contributed by atoms with Gasteiger partial charge in [0.05, 0.1) is 12.4 Å². The zero-order chi connectivity index (χ0) is 8.06. The molecule has 1 nitrogen and oxygen atoms in total. The van der Waals surface area contributed by atoms with Crippen molar-refractivity contribution >= 4 is 0 Å². The third-order valence-electron chi connectivity index (χ3n) is 3.33. The van der Waals surface area contributed by atoms with Crippen molar-refractivity contribution in [2.75, 3.05) is 6.61 Å². The molecule has 0 N–H and O–H groups in total. The summed E-state index contributed by atoms with van der Waals surface area (Å²) in [6.07, 6.45) is 3.64. The van der Waals surface area contributed by atoms with Crippen molar-refractivity contribution in [1.82, 2.24) is 0 Å². The summed E-state index contributed by atoms with van der Waals surface area (Å²) in [7, 11) is 0. The second-order valence-corrected chi connectivity index (χ2v) is 4.26. The van der Waals surface area contributed by atoms with Gasteiger partial charge in [-0.1, -0.05) is 13.8 Å². The van der Waals surface area contributed by atoms with Crippen LogP contribution in [0.4, 0.5) is 0 Å². The molecular weight excluding hydrogens is 136 g/mol. The maximum absolute atomic E-state index is 5.56. The summed E-state index contributed by atoms with van der Waals surface area (Å²) in [5, 5.41) is 0. The van der Waals surface area contributed by atoms with Gasteiger partial charge in [0.1, 0.15) is 0 Å². The van der Waals surface area contributed by atoms with E-state index in [9.17, 15) is 0 Å². The van der Waals surface area contributed by atoms with Crippen molar-refractivity contribution in [2.24, 2.45) is 17.3 Å². The summed E-state index contributed by atoms with van der Waals surface area (Å²) in [5.41, 5.74) is 0.527. The van der Waals surface area contributed by atoms with Gasteiger partial charge in [0.15, 0.2) is 0 Å². The predicted octanol–water partition coefficient (Wildman–Crippen LogP) is 2.58. The van der Waals surface area contributed by atoms with E-state index < -0.39 is 0 Å². The molecule has 2 rings (SSSR count). The fourth-order valence-corrected chi connectivity index (χ4v) is 2.15. The van der Waals surface area contributed by atoms with Crippen molar-refractivity contribution in [3.63, 3.8) is 0 Å². The summed E-state index contributed by atoms with van der Waals surface area (Å²) < 4.78 is 5.56. The normalized spacial score (nSPS) is 41.1. The van der Waals surface area contributed by atoms with E-state index in [-0.39, 0.29) is 0 Å². The Morgan fingerprint density at radius 3 is 2.91 bits per heavy atom. The summed E-state index contributed by atoms with van der Waals surface area (Å²) in [4.78, 5) is 0. The number of rotatable bonds is 1. The molecule has 0 spiro atoms. The highest BCUT2D eigenvalue weighted by atomic mass is 16.5. The fourth-order valence-electron chi connectivity index (χ4n) is 2.15. The molecule has 2 unspecified atom stereocenters. The van der Waals surface area contributed by atoms with E-state index in [0.29, 0.717) is 5.41 Å². The van der Waals surface area contributed by atoms with Crippen molar-refractivity contribution in [3.05, 3.63) is 11.8 Å². The van der Waals surface area contributed by atoms with Crippen LogP contribution in [0.5, 0.6) is 0 Å². The van der Waals surface area contributed by atoms with Gasteiger partial charge in [0.2, 0.25) is 0 Å².